The normalized spacial score (nSPS) is 18.0. The van der Waals surface area contributed by atoms with Crippen molar-refractivity contribution in [2.75, 3.05) is 13.2 Å². The average Bonchev–Trinajstić information content (AvgIpc) is 3.07. The molecule has 7 aromatic rings. The fourth-order valence-electron chi connectivity index (χ4n) is 8.32. The third-order valence-electron chi connectivity index (χ3n) is 9.96. The van der Waals surface area contributed by atoms with Gasteiger partial charge in [-0.2, -0.15) is 0 Å². The zero-order chi connectivity index (χ0) is 28.7. The molecule has 0 saturated carbocycles. The molecule has 1 N–H and O–H groups in total. The molecule has 10 rings (SSSR count). The molecule has 3 aliphatic rings. The molecule has 7 aromatic carbocycles. The van der Waals surface area contributed by atoms with Gasteiger partial charge in [0, 0.05) is 5.92 Å². The molecule has 0 unspecified atom stereocenters. The molecule has 0 amide bonds. The molecule has 0 aliphatic heterocycles. The number of aliphatic hydroxyl groups is 1. The first kappa shape index (κ1) is 24.7. The van der Waals surface area contributed by atoms with Gasteiger partial charge in [0.2, 0.25) is 0 Å². The van der Waals surface area contributed by atoms with Crippen LogP contribution in [0, 0.1) is 6.92 Å². The number of rotatable bonds is 4. The second kappa shape index (κ2) is 9.04. The summed E-state index contributed by atoms with van der Waals surface area (Å²) < 4.78 is 5.93. The standard InChI is InChI=1S/C41H30O2/c1-25-14-21-37(40-29(25)20-18-27-16-15-26-17-19-28(43-23-22-42)24-33(26)38(27)40)41-34-11-5-2-8-30(34)39(31-9-3-6-12-35(31)41)32-10-4-7-13-36(32)41/h2-21,24,39,42H,22-23H2,1H3. The predicted octanol–water partition coefficient (Wildman–Crippen LogP) is 9.02. The second-order valence-electron chi connectivity index (χ2n) is 12.0. The quantitative estimate of drug-likeness (QED) is 0.220. The fourth-order valence-corrected chi connectivity index (χ4v) is 8.32. The Morgan fingerprint density at radius 2 is 1.16 bits per heavy atom. The number of fused-ring (bicyclic) bond motifs is 5. The minimum atomic E-state index is -0.466. The van der Waals surface area contributed by atoms with Gasteiger partial charge in [0.05, 0.1) is 12.0 Å². The first-order valence-electron chi connectivity index (χ1n) is 15.1. The van der Waals surface area contributed by atoms with E-state index in [0.717, 1.165) is 5.75 Å². The zero-order valence-electron chi connectivity index (χ0n) is 24.0. The van der Waals surface area contributed by atoms with Crippen LogP contribution in [-0.2, 0) is 5.41 Å². The highest BCUT2D eigenvalue weighted by Crippen LogP contribution is 2.62. The van der Waals surface area contributed by atoms with E-state index >= 15 is 0 Å². The maximum Gasteiger partial charge on any atom is 0.120 e. The van der Waals surface area contributed by atoms with Crippen molar-refractivity contribution in [3.8, 4) is 5.75 Å². The van der Waals surface area contributed by atoms with E-state index in [1.807, 2.05) is 6.07 Å². The summed E-state index contributed by atoms with van der Waals surface area (Å²) in [6.07, 6.45) is 0. The molecule has 0 atom stereocenters. The van der Waals surface area contributed by atoms with Crippen LogP contribution >= 0.6 is 0 Å². The number of aliphatic hydroxyl groups excluding tert-OH is 1. The average molecular weight is 555 g/mol. The van der Waals surface area contributed by atoms with Crippen molar-refractivity contribution in [2.24, 2.45) is 0 Å². The van der Waals surface area contributed by atoms with Crippen LogP contribution in [0.2, 0.25) is 0 Å². The Bertz CT molecular complexity index is 2140. The summed E-state index contributed by atoms with van der Waals surface area (Å²) in [6, 6.07) is 47.4. The van der Waals surface area contributed by atoms with Gasteiger partial charge >= 0.3 is 0 Å². The van der Waals surface area contributed by atoms with Crippen molar-refractivity contribution in [1.82, 2.24) is 0 Å². The Balaban J connectivity index is 1.52. The minimum Gasteiger partial charge on any atom is -0.491 e. The predicted molar refractivity (Wildman–Crippen MR) is 176 cm³/mol. The number of hydrogen-bond donors (Lipinski definition) is 1. The maximum atomic E-state index is 9.44. The smallest absolute Gasteiger partial charge is 0.120 e. The Labute approximate surface area is 250 Å². The molecule has 0 radical (unpaired) electrons. The van der Waals surface area contributed by atoms with E-state index in [1.165, 1.54) is 76.8 Å². The molecule has 2 nitrogen and oxygen atoms in total. The Morgan fingerprint density at radius 1 is 0.581 bits per heavy atom. The summed E-state index contributed by atoms with van der Waals surface area (Å²) in [4.78, 5) is 0. The minimum absolute atomic E-state index is 0.0123. The highest BCUT2D eigenvalue weighted by Gasteiger charge is 2.53. The molecule has 2 heteroatoms. The van der Waals surface area contributed by atoms with Crippen LogP contribution in [0.3, 0.4) is 0 Å². The van der Waals surface area contributed by atoms with Crippen molar-refractivity contribution >= 4 is 32.3 Å². The molecule has 0 saturated heterocycles. The molecule has 0 spiro atoms. The summed E-state index contributed by atoms with van der Waals surface area (Å²) in [7, 11) is 0. The van der Waals surface area contributed by atoms with Gasteiger partial charge in [-0.25, -0.2) is 0 Å². The van der Waals surface area contributed by atoms with E-state index in [-0.39, 0.29) is 19.1 Å². The Morgan fingerprint density at radius 3 is 1.81 bits per heavy atom. The van der Waals surface area contributed by atoms with E-state index in [2.05, 4.69) is 128 Å². The van der Waals surface area contributed by atoms with Crippen LogP contribution in [0.4, 0.5) is 0 Å². The molecule has 0 fully saturated rings. The summed E-state index contributed by atoms with van der Waals surface area (Å²) in [5.74, 6) is 1.00. The monoisotopic (exact) mass is 554 g/mol. The van der Waals surface area contributed by atoms with Gasteiger partial charge in [-0.3, -0.25) is 0 Å². The Hall–Kier alpha value is -4.92. The highest BCUT2D eigenvalue weighted by atomic mass is 16.5. The van der Waals surface area contributed by atoms with Gasteiger partial charge in [0.1, 0.15) is 12.4 Å². The van der Waals surface area contributed by atoms with Gasteiger partial charge in [-0.1, -0.05) is 115 Å². The van der Waals surface area contributed by atoms with Crippen molar-refractivity contribution in [3.63, 3.8) is 0 Å². The summed E-state index contributed by atoms with van der Waals surface area (Å²) in [5, 5.41) is 16.8. The molecule has 0 heterocycles. The van der Waals surface area contributed by atoms with E-state index in [0.29, 0.717) is 0 Å². The van der Waals surface area contributed by atoms with Crippen molar-refractivity contribution < 1.29 is 9.84 Å². The third kappa shape index (κ3) is 3.16. The van der Waals surface area contributed by atoms with Crippen molar-refractivity contribution in [3.05, 3.63) is 172 Å². The SMILES string of the molecule is Cc1ccc(C23c4ccccc4C(c4ccccc42)c2ccccc23)c2c1ccc1ccc3ccc(OCCO)cc3c12. The lowest BCUT2D eigenvalue weighted by atomic mass is 9.50. The molecule has 206 valence electrons. The summed E-state index contributed by atoms with van der Waals surface area (Å²) >= 11 is 0. The first-order valence-corrected chi connectivity index (χ1v) is 15.1. The lowest BCUT2D eigenvalue weighted by Gasteiger charge is -2.51. The van der Waals surface area contributed by atoms with Crippen LogP contribution in [0.25, 0.3) is 32.3 Å². The second-order valence-corrected chi connectivity index (χ2v) is 12.0. The van der Waals surface area contributed by atoms with Gasteiger partial charge in [0.15, 0.2) is 0 Å². The van der Waals surface area contributed by atoms with Gasteiger partial charge in [-0.15, -0.1) is 0 Å². The molecule has 43 heavy (non-hydrogen) atoms. The van der Waals surface area contributed by atoms with Gasteiger partial charge < -0.3 is 9.84 Å². The van der Waals surface area contributed by atoms with Crippen molar-refractivity contribution in [1.29, 1.82) is 0 Å². The largest absolute Gasteiger partial charge is 0.491 e. The summed E-state index contributed by atoms with van der Waals surface area (Å²) in [6.45, 7) is 2.49. The van der Waals surface area contributed by atoms with Crippen LogP contribution in [-0.4, -0.2) is 18.3 Å². The zero-order valence-corrected chi connectivity index (χ0v) is 24.0. The molecule has 2 bridgehead atoms. The molecule has 3 aliphatic carbocycles. The van der Waals surface area contributed by atoms with Gasteiger partial charge in [0.25, 0.3) is 0 Å². The maximum absolute atomic E-state index is 9.44. The summed E-state index contributed by atoms with van der Waals surface area (Å²) in [5.41, 5.74) is 10.5. The lowest BCUT2D eigenvalue weighted by Crippen LogP contribution is -2.43. The van der Waals surface area contributed by atoms with Crippen LogP contribution in [0.15, 0.2) is 127 Å². The number of benzene rings is 7. The highest BCUT2D eigenvalue weighted by molar-refractivity contribution is 6.22. The first-order chi connectivity index (χ1) is 21.2. The number of hydrogen-bond acceptors (Lipinski definition) is 2. The van der Waals surface area contributed by atoms with E-state index in [4.69, 9.17) is 4.74 Å². The molecular weight excluding hydrogens is 524 g/mol. The van der Waals surface area contributed by atoms with Crippen LogP contribution in [0.1, 0.15) is 50.4 Å². The lowest BCUT2D eigenvalue weighted by molar-refractivity contribution is 0.201. The van der Waals surface area contributed by atoms with Gasteiger partial charge in [-0.05, 0) is 95.9 Å². The molecular formula is C41H30O2. The van der Waals surface area contributed by atoms with Crippen LogP contribution < -0.4 is 4.74 Å². The topological polar surface area (TPSA) is 29.5 Å². The fraction of sp³-hybridized carbons (Fsp3) is 0.122. The third-order valence-corrected chi connectivity index (χ3v) is 9.96. The van der Waals surface area contributed by atoms with E-state index in [9.17, 15) is 5.11 Å². The van der Waals surface area contributed by atoms with E-state index < -0.39 is 5.41 Å². The van der Waals surface area contributed by atoms with Crippen molar-refractivity contribution in [2.45, 2.75) is 18.3 Å². The molecule has 0 aromatic heterocycles. The number of ether oxygens (including phenoxy) is 1. The Kier molecular flexibility index (Phi) is 5.18. The van der Waals surface area contributed by atoms with Crippen LogP contribution in [0.5, 0.6) is 5.75 Å². The number of aryl methyl sites for hydroxylation is 1. The van der Waals surface area contributed by atoms with E-state index in [1.54, 1.807) is 0 Å².